The van der Waals surface area contributed by atoms with Gasteiger partial charge in [-0.3, -0.25) is 4.55 Å². The van der Waals surface area contributed by atoms with Crippen LogP contribution in [0.5, 0.6) is 0 Å². The fourth-order valence-corrected chi connectivity index (χ4v) is 4.05. The molecule has 1 rings (SSSR count). The quantitative estimate of drug-likeness (QED) is 0.750. The third kappa shape index (κ3) is 2.41. The third-order valence-corrected chi connectivity index (χ3v) is 5.62. The predicted octanol–water partition coefficient (Wildman–Crippen LogP) is 2.01. The lowest BCUT2D eigenvalue weighted by Gasteiger charge is -2.41. The van der Waals surface area contributed by atoms with Crippen molar-refractivity contribution in [2.45, 2.75) is 51.3 Å². The monoisotopic (exact) mass is 249 g/mol. The first-order chi connectivity index (χ1) is 7.19. The summed E-state index contributed by atoms with van der Waals surface area (Å²) in [5.74, 6) is 0.0752. The molecular formula is C11H23NO3S. The van der Waals surface area contributed by atoms with Crippen molar-refractivity contribution in [1.82, 2.24) is 0 Å². The van der Waals surface area contributed by atoms with Crippen LogP contribution in [0.4, 0.5) is 0 Å². The fraction of sp³-hybridized carbons (Fsp3) is 1.00. The van der Waals surface area contributed by atoms with E-state index in [1.165, 1.54) is 0 Å². The number of hydrogen-bond acceptors (Lipinski definition) is 3. The van der Waals surface area contributed by atoms with E-state index in [0.29, 0.717) is 5.92 Å². The van der Waals surface area contributed by atoms with E-state index in [9.17, 15) is 13.0 Å². The van der Waals surface area contributed by atoms with Crippen LogP contribution in [-0.4, -0.2) is 17.8 Å². The van der Waals surface area contributed by atoms with Crippen LogP contribution in [-0.2, 0) is 10.1 Å². The van der Waals surface area contributed by atoms with E-state index in [1.54, 1.807) is 13.8 Å². The fourth-order valence-electron chi connectivity index (χ4n) is 2.82. The summed E-state index contributed by atoms with van der Waals surface area (Å²) in [7, 11) is -4.21. The van der Waals surface area contributed by atoms with Crippen LogP contribution >= 0.6 is 0 Å². The molecule has 1 aliphatic rings. The van der Waals surface area contributed by atoms with Crippen molar-refractivity contribution >= 4 is 10.1 Å². The molecule has 1 saturated carbocycles. The maximum atomic E-state index is 11.5. The second kappa shape index (κ2) is 4.63. The van der Waals surface area contributed by atoms with Gasteiger partial charge in [0.25, 0.3) is 10.1 Å². The summed E-state index contributed by atoms with van der Waals surface area (Å²) in [6, 6.07) is 0. The molecule has 4 nitrogen and oxygen atoms in total. The van der Waals surface area contributed by atoms with Gasteiger partial charge < -0.3 is 5.73 Å². The zero-order valence-electron chi connectivity index (χ0n) is 10.3. The van der Waals surface area contributed by atoms with Gasteiger partial charge in [0.1, 0.15) is 4.87 Å². The number of hydrogen-bond donors (Lipinski definition) is 2. The van der Waals surface area contributed by atoms with Gasteiger partial charge in [-0.2, -0.15) is 8.42 Å². The minimum absolute atomic E-state index is 0.133. The lowest BCUT2D eigenvalue weighted by atomic mass is 9.75. The van der Waals surface area contributed by atoms with Gasteiger partial charge in [0, 0.05) is 0 Å². The summed E-state index contributed by atoms with van der Waals surface area (Å²) < 4.78 is 32.5. The molecule has 0 spiro atoms. The maximum Gasteiger partial charge on any atom is 0.284 e. The Balaban J connectivity index is 3.03. The van der Waals surface area contributed by atoms with Crippen LogP contribution < -0.4 is 5.73 Å². The summed E-state index contributed by atoms with van der Waals surface area (Å²) in [5, 5.41) is 0. The van der Waals surface area contributed by atoms with Crippen LogP contribution in [0, 0.1) is 17.8 Å². The second-order valence-electron chi connectivity index (χ2n) is 5.45. The summed E-state index contributed by atoms with van der Waals surface area (Å²) in [6.07, 6.45) is 3.69. The van der Waals surface area contributed by atoms with Gasteiger partial charge in [-0.1, -0.05) is 33.6 Å². The molecule has 0 bridgehead atoms. The van der Waals surface area contributed by atoms with Crippen LogP contribution in [0.1, 0.15) is 46.5 Å². The van der Waals surface area contributed by atoms with Gasteiger partial charge >= 0.3 is 0 Å². The van der Waals surface area contributed by atoms with E-state index >= 15 is 0 Å². The first-order valence-corrected chi connectivity index (χ1v) is 7.39. The highest BCUT2D eigenvalue weighted by atomic mass is 32.2. The number of rotatable bonds is 3. The highest BCUT2D eigenvalue weighted by molar-refractivity contribution is 7.87. The normalized spacial score (nSPS) is 31.4. The highest BCUT2D eigenvalue weighted by Gasteiger charge is 2.49. The Morgan fingerprint density at radius 3 is 2.31 bits per heavy atom. The molecule has 1 aliphatic carbocycles. The summed E-state index contributed by atoms with van der Waals surface area (Å²) in [6.45, 7) is 5.62. The molecule has 0 saturated heterocycles. The molecule has 3 unspecified atom stereocenters. The molecule has 16 heavy (non-hydrogen) atoms. The van der Waals surface area contributed by atoms with Gasteiger partial charge in [0.05, 0.1) is 0 Å². The lowest BCUT2D eigenvalue weighted by Crippen LogP contribution is -2.58. The van der Waals surface area contributed by atoms with E-state index in [4.69, 9.17) is 5.73 Å². The van der Waals surface area contributed by atoms with Crippen molar-refractivity contribution in [1.29, 1.82) is 0 Å². The SMILES string of the molecule is CC1CCCC(C(N)(C(C)C)S(=O)(=O)O)C1. The molecule has 0 aromatic rings. The topological polar surface area (TPSA) is 80.4 Å². The van der Waals surface area contributed by atoms with Crippen LogP contribution in [0.3, 0.4) is 0 Å². The van der Waals surface area contributed by atoms with Crippen molar-refractivity contribution in [3.8, 4) is 0 Å². The minimum Gasteiger partial charge on any atom is -0.310 e. The van der Waals surface area contributed by atoms with Gasteiger partial charge in [-0.25, -0.2) is 0 Å². The molecule has 0 radical (unpaired) electrons. The van der Waals surface area contributed by atoms with Crippen molar-refractivity contribution in [3.63, 3.8) is 0 Å². The molecule has 0 heterocycles. The van der Waals surface area contributed by atoms with Crippen molar-refractivity contribution in [3.05, 3.63) is 0 Å². The first kappa shape index (κ1) is 13.9. The molecular weight excluding hydrogens is 226 g/mol. The lowest BCUT2D eigenvalue weighted by molar-refractivity contribution is 0.178. The Labute approximate surface area is 98.4 Å². The van der Waals surface area contributed by atoms with E-state index < -0.39 is 15.0 Å². The zero-order chi connectivity index (χ0) is 12.6. The van der Waals surface area contributed by atoms with Gasteiger partial charge in [-0.15, -0.1) is 0 Å². The molecule has 0 aromatic heterocycles. The Hall–Kier alpha value is -0.130. The Morgan fingerprint density at radius 2 is 1.94 bits per heavy atom. The Kier molecular flexibility index (Phi) is 4.03. The highest BCUT2D eigenvalue weighted by Crippen LogP contribution is 2.40. The van der Waals surface area contributed by atoms with Crippen molar-refractivity contribution in [2.24, 2.45) is 23.5 Å². The van der Waals surface area contributed by atoms with Gasteiger partial charge in [0.15, 0.2) is 0 Å². The predicted molar refractivity (Wildman–Crippen MR) is 64.4 cm³/mol. The number of nitrogens with two attached hydrogens (primary N) is 1. The smallest absolute Gasteiger partial charge is 0.284 e. The third-order valence-electron chi connectivity index (χ3n) is 3.92. The molecule has 0 aromatic carbocycles. The van der Waals surface area contributed by atoms with Crippen molar-refractivity contribution < 1.29 is 13.0 Å². The van der Waals surface area contributed by atoms with E-state index in [0.717, 1.165) is 25.7 Å². The van der Waals surface area contributed by atoms with E-state index in [-0.39, 0.29) is 11.8 Å². The largest absolute Gasteiger partial charge is 0.310 e. The van der Waals surface area contributed by atoms with E-state index in [1.807, 2.05) is 0 Å². The van der Waals surface area contributed by atoms with Gasteiger partial charge in [0.2, 0.25) is 0 Å². The standard InChI is InChI=1S/C11H23NO3S/c1-8(2)11(12,16(13,14)15)10-6-4-5-9(3)7-10/h8-10H,4-7,12H2,1-3H3,(H,13,14,15). The summed E-state index contributed by atoms with van der Waals surface area (Å²) >= 11 is 0. The Bertz CT molecular complexity index is 339. The zero-order valence-corrected chi connectivity index (χ0v) is 11.1. The molecule has 3 N–H and O–H groups in total. The molecule has 3 atom stereocenters. The van der Waals surface area contributed by atoms with Crippen molar-refractivity contribution in [2.75, 3.05) is 0 Å². The summed E-state index contributed by atoms with van der Waals surface area (Å²) in [4.78, 5) is -1.48. The first-order valence-electron chi connectivity index (χ1n) is 5.95. The van der Waals surface area contributed by atoms with Crippen LogP contribution in [0.2, 0.25) is 0 Å². The van der Waals surface area contributed by atoms with E-state index in [2.05, 4.69) is 6.92 Å². The molecule has 0 amide bonds. The molecule has 5 heteroatoms. The summed E-state index contributed by atoms with van der Waals surface area (Å²) in [5.41, 5.74) is 6.02. The van der Waals surface area contributed by atoms with Gasteiger partial charge in [-0.05, 0) is 30.6 Å². The molecule has 0 aliphatic heterocycles. The average molecular weight is 249 g/mol. The minimum atomic E-state index is -4.21. The molecule has 96 valence electrons. The van der Waals surface area contributed by atoms with Crippen LogP contribution in [0.25, 0.3) is 0 Å². The Morgan fingerprint density at radius 1 is 1.38 bits per heavy atom. The molecule has 1 fully saturated rings. The average Bonchev–Trinajstić information content (AvgIpc) is 2.14. The van der Waals surface area contributed by atoms with Crippen LogP contribution in [0.15, 0.2) is 0 Å². The maximum absolute atomic E-state index is 11.5. The second-order valence-corrected chi connectivity index (χ2v) is 7.11.